The monoisotopic (exact) mass is 259 g/mol. The van der Waals surface area contributed by atoms with Gasteiger partial charge in [-0.3, -0.25) is 0 Å². The molecule has 0 saturated heterocycles. The molecule has 2 aromatic rings. The van der Waals surface area contributed by atoms with E-state index in [4.69, 9.17) is 0 Å². The summed E-state index contributed by atoms with van der Waals surface area (Å²) >= 11 is 1.83. The SMILES string of the molecule is CCC(N[C@@H](C)c1cccc(C)c1)c1cccs1. The van der Waals surface area contributed by atoms with Gasteiger partial charge < -0.3 is 5.32 Å². The van der Waals surface area contributed by atoms with Crippen LogP contribution in [-0.2, 0) is 0 Å². The van der Waals surface area contributed by atoms with E-state index in [1.54, 1.807) is 0 Å². The van der Waals surface area contributed by atoms with Gasteiger partial charge in [0, 0.05) is 17.0 Å². The fourth-order valence-corrected chi connectivity index (χ4v) is 3.10. The predicted molar refractivity (Wildman–Crippen MR) is 80.1 cm³/mol. The molecule has 1 aromatic heterocycles. The Hall–Kier alpha value is -1.12. The fourth-order valence-electron chi connectivity index (χ4n) is 2.23. The highest BCUT2D eigenvalue weighted by Crippen LogP contribution is 2.25. The van der Waals surface area contributed by atoms with Gasteiger partial charge in [0.2, 0.25) is 0 Å². The Balaban J connectivity index is 2.08. The summed E-state index contributed by atoms with van der Waals surface area (Å²) in [6.07, 6.45) is 1.12. The molecule has 96 valence electrons. The molecule has 1 nitrogen and oxygen atoms in total. The number of nitrogens with one attached hydrogen (secondary N) is 1. The topological polar surface area (TPSA) is 12.0 Å². The number of hydrogen-bond donors (Lipinski definition) is 1. The molecule has 0 amide bonds. The Bertz CT molecular complexity index is 476. The molecule has 0 saturated carbocycles. The summed E-state index contributed by atoms with van der Waals surface area (Å²) < 4.78 is 0. The van der Waals surface area contributed by atoms with Crippen LogP contribution in [-0.4, -0.2) is 0 Å². The van der Waals surface area contributed by atoms with Crippen LogP contribution in [0.1, 0.15) is 48.4 Å². The molecule has 18 heavy (non-hydrogen) atoms. The molecular formula is C16H21NS. The lowest BCUT2D eigenvalue weighted by Gasteiger charge is -2.22. The van der Waals surface area contributed by atoms with Gasteiger partial charge in [-0.2, -0.15) is 0 Å². The van der Waals surface area contributed by atoms with Crippen molar-refractivity contribution in [1.29, 1.82) is 0 Å². The molecule has 0 aliphatic carbocycles. The van der Waals surface area contributed by atoms with E-state index in [-0.39, 0.29) is 0 Å². The van der Waals surface area contributed by atoms with Gasteiger partial charge in [0.05, 0.1) is 0 Å². The van der Waals surface area contributed by atoms with Crippen LogP contribution < -0.4 is 5.32 Å². The highest BCUT2D eigenvalue weighted by atomic mass is 32.1. The average Bonchev–Trinajstić information content (AvgIpc) is 2.89. The van der Waals surface area contributed by atoms with E-state index in [9.17, 15) is 0 Å². The van der Waals surface area contributed by atoms with Gasteiger partial charge in [-0.25, -0.2) is 0 Å². The molecule has 2 heteroatoms. The van der Waals surface area contributed by atoms with Gasteiger partial charge in [-0.15, -0.1) is 11.3 Å². The van der Waals surface area contributed by atoms with Crippen LogP contribution in [0.15, 0.2) is 41.8 Å². The average molecular weight is 259 g/mol. The maximum Gasteiger partial charge on any atom is 0.0416 e. The summed E-state index contributed by atoms with van der Waals surface area (Å²) in [5.41, 5.74) is 2.69. The smallest absolute Gasteiger partial charge is 0.0416 e. The lowest BCUT2D eigenvalue weighted by molar-refractivity contribution is 0.462. The van der Waals surface area contributed by atoms with E-state index >= 15 is 0 Å². The van der Waals surface area contributed by atoms with E-state index < -0.39 is 0 Å². The van der Waals surface area contributed by atoms with Gasteiger partial charge in [0.15, 0.2) is 0 Å². The second-order valence-electron chi connectivity index (χ2n) is 4.78. The Kier molecular flexibility index (Phi) is 4.56. The summed E-state index contributed by atoms with van der Waals surface area (Å²) in [4.78, 5) is 1.43. The molecule has 2 rings (SSSR count). The van der Waals surface area contributed by atoms with Crippen LogP contribution in [0.2, 0.25) is 0 Å². The molecule has 0 spiro atoms. The van der Waals surface area contributed by atoms with Crippen molar-refractivity contribution in [3.05, 3.63) is 57.8 Å². The van der Waals surface area contributed by atoms with Gasteiger partial charge in [-0.1, -0.05) is 42.8 Å². The number of rotatable bonds is 5. The number of thiophene rings is 1. The number of aryl methyl sites for hydroxylation is 1. The van der Waals surface area contributed by atoms with Crippen molar-refractivity contribution in [1.82, 2.24) is 5.32 Å². The largest absolute Gasteiger partial charge is 0.303 e. The van der Waals surface area contributed by atoms with Gasteiger partial charge in [0.1, 0.15) is 0 Å². The Morgan fingerprint density at radius 3 is 2.67 bits per heavy atom. The molecule has 1 unspecified atom stereocenters. The molecule has 0 aliphatic rings. The zero-order valence-electron chi connectivity index (χ0n) is 11.3. The molecular weight excluding hydrogens is 238 g/mol. The molecule has 0 aliphatic heterocycles. The predicted octanol–water partition coefficient (Wildman–Crippen LogP) is 4.86. The Morgan fingerprint density at radius 1 is 1.22 bits per heavy atom. The van der Waals surface area contributed by atoms with Crippen LogP contribution in [0.4, 0.5) is 0 Å². The highest BCUT2D eigenvalue weighted by molar-refractivity contribution is 7.10. The van der Waals surface area contributed by atoms with Crippen molar-refractivity contribution in [3.8, 4) is 0 Å². The molecule has 2 atom stereocenters. The summed E-state index contributed by atoms with van der Waals surface area (Å²) in [5, 5.41) is 5.87. The molecule has 1 aromatic carbocycles. The lowest BCUT2D eigenvalue weighted by Crippen LogP contribution is -2.23. The van der Waals surface area contributed by atoms with E-state index in [2.05, 4.69) is 67.9 Å². The molecule has 1 N–H and O–H groups in total. The van der Waals surface area contributed by atoms with Crippen molar-refractivity contribution >= 4 is 11.3 Å². The molecule has 1 heterocycles. The molecule has 0 bridgehead atoms. The summed E-state index contributed by atoms with van der Waals surface area (Å²) in [6.45, 7) is 6.62. The minimum atomic E-state index is 0.386. The quantitative estimate of drug-likeness (QED) is 0.808. The minimum Gasteiger partial charge on any atom is -0.303 e. The lowest BCUT2D eigenvalue weighted by atomic mass is 10.0. The van der Waals surface area contributed by atoms with Crippen LogP contribution in [0.5, 0.6) is 0 Å². The first kappa shape index (κ1) is 13.3. The van der Waals surface area contributed by atoms with Crippen LogP contribution in [0.3, 0.4) is 0 Å². The number of hydrogen-bond acceptors (Lipinski definition) is 2. The van der Waals surface area contributed by atoms with Crippen molar-refractivity contribution in [3.63, 3.8) is 0 Å². The maximum absolute atomic E-state index is 3.72. The van der Waals surface area contributed by atoms with Gasteiger partial charge in [-0.05, 0) is 37.3 Å². The zero-order valence-corrected chi connectivity index (χ0v) is 12.1. The first-order valence-electron chi connectivity index (χ1n) is 6.56. The first-order valence-corrected chi connectivity index (χ1v) is 7.44. The molecule has 0 radical (unpaired) electrons. The second kappa shape index (κ2) is 6.17. The Morgan fingerprint density at radius 2 is 2.06 bits per heavy atom. The van der Waals surface area contributed by atoms with E-state index in [1.807, 2.05) is 11.3 Å². The van der Waals surface area contributed by atoms with Crippen LogP contribution in [0, 0.1) is 6.92 Å². The van der Waals surface area contributed by atoms with Crippen LogP contribution >= 0.6 is 11.3 Å². The summed E-state index contributed by atoms with van der Waals surface area (Å²) in [7, 11) is 0. The third-order valence-electron chi connectivity index (χ3n) is 3.29. The van der Waals surface area contributed by atoms with Crippen molar-refractivity contribution < 1.29 is 0 Å². The number of benzene rings is 1. The van der Waals surface area contributed by atoms with E-state index in [0.29, 0.717) is 12.1 Å². The fraction of sp³-hybridized carbons (Fsp3) is 0.375. The van der Waals surface area contributed by atoms with Crippen molar-refractivity contribution in [2.45, 2.75) is 39.3 Å². The Labute approximate surface area is 114 Å². The summed E-state index contributed by atoms with van der Waals surface area (Å²) in [5.74, 6) is 0. The van der Waals surface area contributed by atoms with E-state index in [0.717, 1.165) is 6.42 Å². The van der Waals surface area contributed by atoms with Crippen LogP contribution in [0.25, 0.3) is 0 Å². The van der Waals surface area contributed by atoms with Gasteiger partial charge in [0.25, 0.3) is 0 Å². The highest BCUT2D eigenvalue weighted by Gasteiger charge is 2.14. The third kappa shape index (κ3) is 3.21. The minimum absolute atomic E-state index is 0.386. The normalized spacial score (nSPS) is 14.4. The first-order chi connectivity index (χ1) is 8.70. The van der Waals surface area contributed by atoms with Crippen molar-refractivity contribution in [2.24, 2.45) is 0 Å². The second-order valence-corrected chi connectivity index (χ2v) is 5.76. The zero-order chi connectivity index (χ0) is 13.0. The van der Waals surface area contributed by atoms with Gasteiger partial charge >= 0.3 is 0 Å². The standard InChI is InChI=1S/C16H21NS/c1-4-15(16-9-6-10-18-16)17-13(3)14-8-5-7-12(2)11-14/h5-11,13,15,17H,4H2,1-3H3/t13-,15?/m0/s1. The maximum atomic E-state index is 3.72. The van der Waals surface area contributed by atoms with E-state index in [1.165, 1.54) is 16.0 Å². The molecule has 0 fully saturated rings. The summed E-state index contributed by atoms with van der Waals surface area (Å²) in [6, 6.07) is 13.9. The third-order valence-corrected chi connectivity index (χ3v) is 4.27. The van der Waals surface area contributed by atoms with Crippen molar-refractivity contribution in [2.75, 3.05) is 0 Å².